The third-order valence-electron chi connectivity index (χ3n) is 4.38. The van der Waals surface area contributed by atoms with Gasteiger partial charge in [-0.1, -0.05) is 12.8 Å². The Kier molecular flexibility index (Phi) is 5.35. The fourth-order valence-electron chi connectivity index (χ4n) is 3.19. The van der Waals surface area contributed by atoms with Gasteiger partial charge in [0.15, 0.2) is 5.96 Å². The second-order valence-corrected chi connectivity index (χ2v) is 6.02. The first-order valence-electron chi connectivity index (χ1n) is 7.61. The van der Waals surface area contributed by atoms with Gasteiger partial charge in [0, 0.05) is 19.6 Å². The highest BCUT2D eigenvalue weighted by Gasteiger charge is 2.45. The van der Waals surface area contributed by atoms with E-state index in [1.165, 1.54) is 0 Å². The van der Waals surface area contributed by atoms with Crippen molar-refractivity contribution in [3.63, 3.8) is 0 Å². The van der Waals surface area contributed by atoms with Crippen LogP contribution in [0.4, 0.5) is 13.2 Å². The van der Waals surface area contributed by atoms with E-state index in [-0.39, 0.29) is 19.1 Å². The summed E-state index contributed by atoms with van der Waals surface area (Å²) in [6.07, 6.45) is -1.74. The molecule has 3 atom stereocenters. The Morgan fingerprint density at radius 3 is 2.71 bits per heavy atom. The van der Waals surface area contributed by atoms with E-state index in [4.69, 9.17) is 10.5 Å². The van der Waals surface area contributed by atoms with Crippen LogP contribution in [0, 0.1) is 11.8 Å². The summed E-state index contributed by atoms with van der Waals surface area (Å²) in [7, 11) is 0. The molecule has 4 nitrogen and oxygen atoms in total. The number of halogens is 3. The summed E-state index contributed by atoms with van der Waals surface area (Å²) in [6, 6.07) is 0. The maximum atomic E-state index is 13.0. The third kappa shape index (κ3) is 4.49. The van der Waals surface area contributed by atoms with Gasteiger partial charge in [-0.3, -0.25) is 4.99 Å². The molecule has 1 saturated heterocycles. The Bertz CT molecular complexity index is 373. The minimum atomic E-state index is -4.12. The highest BCUT2D eigenvalue weighted by Crippen LogP contribution is 2.41. The van der Waals surface area contributed by atoms with E-state index in [1.807, 2.05) is 11.8 Å². The Morgan fingerprint density at radius 2 is 2.05 bits per heavy atom. The van der Waals surface area contributed by atoms with Crippen LogP contribution in [0.25, 0.3) is 0 Å². The molecule has 1 unspecified atom stereocenters. The number of aliphatic imine (C=N–C) groups is 1. The van der Waals surface area contributed by atoms with Gasteiger partial charge >= 0.3 is 6.18 Å². The topological polar surface area (TPSA) is 50.8 Å². The summed E-state index contributed by atoms with van der Waals surface area (Å²) >= 11 is 0. The van der Waals surface area contributed by atoms with E-state index in [2.05, 4.69) is 4.99 Å². The van der Waals surface area contributed by atoms with E-state index in [0.29, 0.717) is 38.5 Å². The van der Waals surface area contributed by atoms with E-state index < -0.39 is 18.0 Å². The molecule has 122 valence electrons. The molecule has 21 heavy (non-hydrogen) atoms. The van der Waals surface area contributed by atoms with Crippen LogP contribution < -0.4 is 5.73 Å². The standard InChI is InChI=1S/C14H24F3N3O/c1-10-9-20(6-7-21-10)13(18)19-8-11-4-2-3-5-12(11)14(15,16)17/h10-12H,2-9H2,1H3,(H2,18,19)/t10?,11-,12-/m1/s1. The molecule has 0 bridgehead atoms. The molecular weight excluding hydrogens is 283 g/mol. The third-order valence-corrected chi connectivity index (χ3v) is 4.38. The van der Waals surface area contributed by atoms with Gasteiger partial charge in [-0.25, -0.2) is 0 Å². The van der Waals surface area contributed by atoms with Crippen LogP contribution in [-0.4, -0.2) is 49.4 Å². The van der Waals surface area contributed by atoms with Crippen LogP contribution in [0.2, 0.25) is 0 Å². The predicted octanol–water partition coefficient (Wildman–Crippen LogP) is 2.39. The highest BCUT2D eigenvalue weighted by molar-refractivity contribution is 5.78. The summed E-state index contributed by atoms with van der Waals surface area (Å²) in [4.78, 5) is 6.12. The van der Waals surface area contributed by atoms with Gasteiger partial charge in [-0.2, -0.15) is 13.2 Å². The molecule has 0 aromatic rings. The Balaban J connectivity index is 1.94. The van der Waals surface area contributed by atoms with E-state index in [0.717, 1.165) is 6.42 Å². The first kappa shape index (κ1) is 16.4. The molecule has 2 aliphatic rings. The summed E-state index contributed by atoms with van der Waals surface area (Å²) < 4.78 is 44.5. The van der Waals surface area contributed by atoms with Gasteiger partial charge in [-0.05, 0) is 25.7 Å². The molecule has 1 aliphatic carbocycles. The zero-order valence-corrected chi connectivity index (χ0v) is 12.4. The van der Waals surface area contributed by atoms with Crippen LogP contribution in [0.5, 0.6) is 0 Å². The maximum Gasteiger partial charge on any atom is 0.392 e. The van der Waals surface area contributed by atoms with Crippen LogP contribution in [0.15, 0.2) is 4.99 Å². The molecule has 2 N–H and O–H groups in total. The minimum absolute atomic E-state index is 0.0742. The zero-order valence-electron chi connectivity index (χ0n) is 12.4. The number of guanidine groups is 1. The Morgan fingerprint density at radius 1 is 1.33 bits per heavy atom. The Labute approximate surface area is 123 Å². The van der Waals surface area contributed by atoms with Crippen molar-refractivity contribution in [2.24, 2.45) is 22.6 Å². The van der Waals surface area contributed by atoms with Crippen molar-refractivity contribution < 1.29 is 17.9 Å². The lowest BCUT2D eigenvalue weighted by Gasteiger charge is -2.34. The second kappa shape index (κ2) is 6.85. The van der Waals surface area contributed by atoms with Crippen molar-refractivity contribution >= 4 is 5.96 Å². The van der Waals surface area contributed by atoms with Crippen molar-refractivity contribution in [1.82, 2.24) is 4.90 Å². The largest absolute Gasteiger partial charge is 0.392 e. The van der Waals surface area contributed by atoms with Crippen molar-refractivity contribution in [2.75, 3.05) is 26.2 Å². The summed E-state index contributed by atoms with van der Waals surface area (Å²) in [6.45, 7) is 3.98. The quantitative estimate of drug-likeness (QED) is 0.629. The number of ether oxygens (including phenoxy) is 1. The smallest absolute Gasteiger partial charge is 0.375 e. The summed E-state index contributed by atoms with van der Waals surface area (Å²) in [5.74, 6) is -1.32. The summed E-state index contributed by atoms with van der Waals surface area (Å²) in [5, 5.41) is 0. The SMILES string of the molecule is CC1CN(C(N)=NC[C@H]2CCCC[C@H]2C(F)(F)F)CCO1. The second-order valence-electron chi connectivity index (χ2n) is 6.02. The lowest BCUT2D eigenvalue weighted by molar-refractivity contribution is -0.195. The number of nitrogens with two attached hydrogens (primary N) is 1. The number of hydrogen-bond donors (Lipinski definition) is 1. The van der Waals surface area contributed by atoms with Crippen LogP contribution >= 0.6 is 0 Å². The molecule has 1 saturated carbocycles. The Hall–Kier alpha value is -0.980. The van der Waals surface area contributed by atoms with Crippen molar-refractivity contribution in [3.8, 4) is 0 Å². The highest BCUT2D eigenvalue weighted by atomic mass is 19.4. The molecule has 2 rings (SSSR count). The van der Waals surface area contributed by atoms with Gasteiger partial charge in [0.25, 0.3) is 0 Å². The average Bonchev–Trinajstić information content (AvgIpc) is 2.44. The van der Waals surface area contributed by atoms with E-state index >= 15 is 0 Å². The summed E-state index contributed by atoms with van der Waals surface area (Å²) in [5.41, 5.74) is 5.92. The minimum Gasteiger partial charge on any atom is -0.375 e. The van der Waals surface area contributed by atoms with Crippen molar-refractivity contribution in [3.05, 3.63) is 0 Å². The lowest BCUT2D eigenvalue weighted by Crippen LogP contribution is -2.48. The van der Waals surface area contributed by atoms with E-state index in [9.17, 15) is 13.2 Å². The number of nitrogens with zero attached hydrogens (tertiary/aromatic N) is 2. The fraction of sp³-hybridized carbons (Fsp3) is 0.929. The maximum absolute atomic E-state index is 13.0. The monoisotopic (exact) mass is 307 g/mol. The molecule has 0 amide bonds. The van der Waals surface area contributed by atoms with Gasteiger partial charge in [0.1, 0.15) is 0 Å². The van der Waals surface area contributed by atoms with Crippen molar-refractivity contribution in [1.29, 1.82) is 0 Å². The first-order chi connectivity index (χ1) is 9.88. The number of rotatable bonds is 2. The number of morpholine rings is 1. The van der Waals surface area contributed by atoms with Crippen molar-refractivity contribution in [2.45, 2.75) is 44.9 Å². The lowest BCUT2D eigenvalue weighted by atomic mass is 9.79. The molecular formula is C14H24F3N3O. The zero-order chi connectivity index (χ0) is 15.5. The first-order valence-corrected chi connectivity index (χ1v) is 7.61. The fourth-order valence-corrected chi connectivity index (χ4v) is 3.19. The molecule has 0 aromatic heterocycles. The number of alkyl halides is 3. The normalized spacial score (nSPS) is 32.3. The molecule has 0 aromatic carbocycles. The van der Waals surface area contributed by atoms with Crippen LogP contribution in [-0.2, 0) is 4.74 Å². The van der Waals surface area contributed by atoms with Gasteiger partial charge in [-0.15, -0.1) is 0 Å². The van der Waals surface area contributed by atoms with Gasteiger partial charge < -0.3 is 15.4 Å². The number of hydrogen-bond acceptors (Lipinski definition) is 2. The molecule has 2 fully saturated rings. The van der Waals surface area contributed by atoms with Gasteiger partial charge in [0.2, 0.25) is 0 Å². The van der Waals surface area contributed by atoms with Gasteiger partial charge in [0.05, 0.1) is 18.6 Å². The average molecular weight is 307 g/mol. The van der Waals surface area contributed by atoms with Crippen LogP contribution in [0.3, 0.4) is 0 Å². The predicted molar refractivity (Wildman–Crippen MR) is 75.0 cm³/mol. The van der Waals surface area contributed by atoms with E-state index in [1.54, 1.807) is 0 Å². The molecule has 0 radical (unpaired) electrons. The molecule has 0 spiro atoms. The molecule has 7 heteroatoms. The van der Waals surface area contributed by atoms with Crippen LogP contribution in [0.1, 0.15) is 32.6 Å². The molecule has 1 aliphatic heterocycles. The molecule has 1 heterocycles.